The predicted molar refractivity (Wildman–Crippen MR) is 105 cm³/mol. The number of carbonyl (C=O) groups excluding carboxylic acids is 1. The molecule has 0 aliphatic carbocycles. The van der Waals surface area contributed by atoms with Gasteiger partial charge in [-0.25, -0.2) is 4.98 Å². The van der Waals surface area contributed by atoms with Gasteiger partial charge in [0.1, 0.15) is 0 Å². The first-order valence-corrected chi connectivity index (χ1v) is 9.96. The maximum atomic E-state index is 12.2. The lowest BCUT2D eigenvalue weighted by molar-refractivity contribution is -0.124. The van der Waals surface area contributed by atoms with E-state index in [1.165, 1.54) is 16.5 Å². The van der Waals surface area contributed by atoms with E-state index in [1.54, 1.807) is 18.9 Å². The summed E-state index contributed by atoms with van der Waals surface area (Å²) in [5, 5.41) is 5.18. The first-order chi connectivity index (χ1) is 12.6. The summed E-state index contributed by atoms with van der Waals surface area (Å²) in [6.07, 6.45) is 1.30. The molecule has 0 saturated carbocycles. The number of rotatable bonds is 6. The zero-order valence-corrected chi connectivity index (χ0v) is 16.4. The van der Waals surface area contributed by atoms with Crippen molar-refractivity contribution in [2.24, 2.45) is 0 Å². The van der Waals surface area contributed by atoms with Crippen molar-refractivity contribution in [2.45, 2.75) is 43.9 Å². The molecule has 5 nitrogen and oxygen atoms in total. The molecule has 0 spiro atoms. The van der Waals surface area contributed by atoms with Gasteiger partial charge in [-0.3, -0.25) is 4.79 Å². The molecule has 3 rings (SSSR count). The highest BCUT2D eigenvalue weighted by atomic mass is 32.2. The lowest BCUT2D eigenvalue weighted by atomic mass is 10.1. The molecule has 0 bridgehead atoms. The SMILES string of the molecule is CO[C@@H]1CCOC[C@H]1NC(=O)CCSc1cc(C)c2cc(C)ccc2n1. The average Bonchev–Trinajstić information content (AvgIpc) is 2.63. The van der Waals surface area contributed by atoms with Crippen LogP contribution in [-0.2, 0) is 14.3 Å². The van der Waals surface area contributed by atoms with Crippen LogP contribution in [-0.4, -0.2) is 49.1 Å². The number of fused-ring (bicyclic) bond motifs is 1. The molecular formula is C20H26N2O3S. The largest absolute Gasteiger partial charge is 0.379 e. The van der Waals surface area contributed by atoms with Crippen molar-refractivity contribution in [3.8, 4) is 0 Å². The fourth-order valence-electron chi connectivity index (χ4n) is 3.21. The van der Waals surface area contributed by atoms with Crippen LogP contribution >= 0.6 is 11.8 Å². The Hall–Kier alpha value is -1.63. The van der Waals surface area contributed by atoms with Gasteiger partial charge in [0.2, 0.25) is 5.91 Å². The molecule has 1 aromatic carbocycles. The summed E-state index contributed by atoms with van der Waals surface area (Å²) in [6.45, 7) is 5.40. The Morgan fingerprint density at radius 2 is 2.23 bits per heavy atom. The van der Waals surface area contributed by atoms with Crippen LogP contribution in [0.4, 0.5) is 0 Å². The van der Waals surface area contributed by atoms with Crippen molar-refractivity contribution in [3.05, 3.63) is 35.4 Å². The van der Waals surface area contributed by atoms with Crippen molar-refractivity contribution < 1.29 is 14.3 Å². The molecule has 6 heteroatoms. The first kappa shape index (κ1) is 19.1. The summed E-state index contributed by atoms with van der Waals surface area (Å²) in [4.78, 5) is 16.9. The van der Waals surface area contributed by atoms with Crippen LogP contribution in [0.5, 0.6) is 0 Å². The number of carbonyl (C=O) groups is 1. The van der Waals surface area contributed by atoms with Crippen LogP contribution in [0, 0.1) is 13.8 Å². The molecule has 2 atom stereocenters. The first-order valence-electron chi connectivity index (χ1n) is 8.97. The van der Waals surface area contributed by atoms with Gasteiger partial charge in [0.25, 0.3) is 0 Å². The molecule has 0 unspecified atom stereocenters. The van der Waals surface area contributed by atoms with Gasteiger partial charge < -0.3 is 14.8 Å². The summed E-state index contributed by atoms with van der Waals surface area (Å²) >= 11 is 1.62. The molecular weight excluding hydrogens is 348 g/mol. The summed E-state index contributed by atoms with van der Waals surface area (Å²) in [7, 11) is 1.68. The van der Waals surface area contributed by atoms with E-state index in [2.05, 4.69) is 43.4 Å². The average molecular weight is 375 g/mol. The number of thioether (sulfide) groups is 1. The summed E-state index contributed by atoms with van der Waals surface area (Å²) < 4.78 is 10.9. The van der Waals surface area contributed by atoms with Crippen molar-refractivity contribution in [1.29, 1.82) is 0 Å². The highest BCUT2D eigenvalue weighted by Gasteiger charge is 2.26. The zero-order valence-electron chi connectivity index (χ0n) is 15.6. The predicted octanol–water partition coefficient (Wildman–Crippen LogP) is 3.25. The van der Waals surface area contributed by atoms with Crippen LogP contribution in [0.15, 0.2) is 29.3 Å². The Balaban J connectivity index is 1.53. The van der Waals surface area contributed by atoms with Crippen LogP contribution < -0.4 is 5.32 Å². The van der Waals surface area contributed by atoms with Gasteiger partial charge >= 0.3 is 0 Å². The van der Waals surface area contributed by atoms with Gasteiger partial charge in [-0.2, -0.15) is 0 Å². The topological polar surface area (TPSA) is 60.5 Å². The third-order valence-corrected chi connectivity index (χ3v) is 5.58. The molecule has 140 valence electrons. The molecule has 1 amide bonds. The molecule has 1 aliphatic heterocycles. The van der Waals surface area contributed by atoms with Crippen LogP contribution in [0.1, 0.15) is 24.0 Å². The highest BCUT2D eigenvalue weighted by molar-refractivity contribution is 7.99. The van der Waals surface area contributed by atoms with Crippen molar-refractivity contribution in [1.82, 2.24) is 10.3 Å². The number of nitrogens with one attached hydrogen (secondary N) is 1. The van der Waals surface area contributed by atoms with E-state index in [1.807, 2.05) is 0 Å². The number of hydrogen-bond acceptors (Lipinski definition) is 5. The Morgan fingerprint density at radius 1 is 1.38 bits per heavy atom. The number of hydrogen-bond donors (Lipinski definition) is 1. The standard InChI is InChI=1S/C20H26N2O3S/c1-13-4-5-16-15(10-13)14(2)11-20(22-16)26-9-7-19(23)21-17-12-25-8-6-18(17)24-3/h4-5,10-11,17-18H,6-9,12H2,1-3H3,(H,21,23)/t17-,18-/m1/s1. The van der Waals surface area contributed by atoms with E-state index < -0.39 is 0 Å². The Bertz CT molecular complexity index is 781. The Kier molecular flexibility index (Phi) is 6.51. The molecule has 1 saturated heterocycles. The van der Waals surface area contributed by atoms with Crippen molar-refractivity contribution >= 4 is 28.6 Å². The minimum atomic E-state index is -0.0597. The quantitative estimate of drug-likeness (QED) is 0.787. The number of ether oxygens (including phenoxy) is 2. The van der Waals surface area contributed by atoms with Gasteiger partial charge in [-0.05, 0) is 44.0 Å². The lowest BCUT2D eigenvalue weighted by Gasteiger charge is -2.31. The molecule has 0 radical (unpaired) electrons. The molecule has 1 fully saturated rings. The van der Waals surface area contributed by atoms with Crippen molar-refractivity contribution in [2.75, 3.05) is 26.1 Å². The second kappa shape index (κ2) is 8.84. The van der Waals surface area contributed by atoms with Gasteiger partial charge in [0.15, 0.2) is 0 Å². The lowest BCUT2D eigenvalue weighted by Crippen LogP contribution is -2.50. The molecule has 2 aromatic rings. The van der Waals surface area contributed by atoms with Gasteiger partial charge in [-0.1, -0.05) is 11.6 Å². The van der Waals surface area contributed by atoms with E-state index in [-0.39, 0.29) is 18.1 Å². The van der Waals surface area contributed by atoms with E-state index in [9.17, 15) is 4.79 Å². The maximum Gasteiger partial charge on any atom is 0.221 e. The monoisotopic (exact) mass is 374 g/mol. The Morgan fingerprint density at radius 3 is 3.04 bits per heavy atom. The van der Waals surface area contributed by atoms with E-state index in [0.29, 0.717) is 25.4 Å². The second-order valence-corrected chi connectivity index (χ2v) is 7.82. The number of pyridine rings is 1. The number of amides is 1. The summed E-state index contributed by atoms with van der Waals surface area (Å²) in [5.74, 6) is 0.726. The van der Waals surface area contributed by atoms with Gasteiger partial charge in [0, 0.05) is 31.3 Å². The minimum absolute atomic E-state index is 0.0307. The molecule has 1 N–H and O–H groups in total. The van der Waals surface area contributed by atoms with Gasteiger partial charge in [-0.15, -0.1) is 11.8 Å². The van der Waals surface area contributed by atoms with Crippen LogP contribution in [0.2, 0.25) is 0 Å². The molecule has 1 aliphatic rings. The fraction of sp³-hybridized carbons (Fsp3) is 0.500. The second-order valence-electron chi connectivity index (χ2n) is 6.71. The minimum Gasteiger partial charge on any atom is -0.379 e. The number of aromatic nitrogens is 1. The zero-order chi connectivity index (χ0) is 18.5. The van der Waals surface area contributed by atoms with Crippen LogP contribution in [0.3, 0.4) is 0 Å². The number of nitrogens with zero attached hydrogens (tertiary/aromatic N) is 1. The number of methoxy groups -OCH3 is 1. The van der Waals surface area contributed by atoms with E-state index in [4.69, 9.17) is 14.5 Å². The van der Waals surface area contributed by atoms with Crippen LogP contribution in [0.25, 0.3) is 10.9 Å². The summed E-state index contributed by atoms with van der Waals surface area (Å²) in [6, 6.07) is 8.34. The number of aryl methyl sites for hydroxylation is 2. The smallest absolute Gasteiger partial charge is 0.221 e. The Labute approximate surface area is 158 Å². The maximum absolute atomic E-state index is 12.2. The number of benzene rings is 1. The normalized spacial score (nSPS) is 20.3. The highest BCUT2D eigenvalue weighted by Crippen LogP contribution is 2.25. The third kappa shape index (κ3) is 4.75. The van der Waals surface area contributed by atoms with Crippen molar-refractivity contribution in [3.63, 3.8) is 0 Å². The molecule has 1 aromatic heterocycles. The summed E-state index contributed by atoms with van der Waals surface area (Å²) in [5.41, 5.74) is 3.46. The third-order valence-electron chi connectivity index (χ3n) is 4.67. The van der Waals surface area contributed by atoms with Gasteiger partial charge in [0.05, 0.1) is 29.3 Å². The van der Waals surface area contributed by atoms with E-state index in [0.717, 1.165) is 17.0 Å². The molecule has 2 heterocycles. The molecule has 26 heavy (non-hydrogen) atoms. The van der Waals surface area contributed by atoms with E-state index >= 15 is 0 Å². The fourth-order valence-corrected chi connectivity index (χ4v) is 4.13.